The minimum Gasteiger partial charge on any atom is -0.364 e. The summed E-state index contributed by atoms with van der Waals surface area (Å²) in [5.74, 6) is 1.49. The van der Waals surface area contributed by atoms with Crippen molar-refractivity contribution in [3.63, 3.8) is 0 Å². The Hall–Kier alpha value is -0.990. The fourth-order valence-corrected chi connectivity index (χ4v) is 1.26. The second-order valence-corrected chi connectivity index (χ2v) is 4.89. The molecule has 0 saturated carbocycles. The Bertz CT molecular complexity index is 283. The van der Waals surface area contributed by atoms with Crippen LogP contribution in [0, 0.1) is 0 Å². The van der Waals surface area contributed by atoms with Gasteiger partial charge in [0, 0.05) is 17.3 Å². The lowest BCUT2D eigenvalue weighted by Gasteiger charge is -2.19. The number of hydrogen-bond acceptors (Lipinski definition) is 2. The fraction of sp³-hybridized carbons (Fsp3) is 0.727. The van der Waals surface area contributed by atoms with Crippen LogP contribution in [0.3, 0.4) is 0 Å². The fourth-order valence-electron chi connectivity index (χ4n) is 1.26. The predicted octanol–water partition coefficient (Wildman–Crippen LogP) is 3.13. The van der Waals surface area contributed by atoms with Gasteiger partial charge in [-0.25, -0.2) is 0 Å². The molecule has 0 fully saturated rings. The van der Waals surface area contributed by atoms with E-state index < -0.39 is 0 Å². The number of nitrogens with zero attached hydrogens (tertiary/aromatic N) is 1. The molecule has 1 aromatic heterocycles. The van der Waals surface area contributed by atoms with Gasteiger partial charge < -0.3 is 5.32 Å². The molecule has 0 saturated heterocycles. The highest BCUT2D eigenvalue weighted by molar-refractivity contribution is 5.38. The number of rotatable bonds is 3. The standard InChI is InChI=1S/C11H21N3/c1-6-8(2)9-7-10(14-13-9)12-11(3,4)5/h7-8H,6H2,1-5H3,(H2,12,13,14). The van der Waals surface area contributed by atoms with Gasteiger partial charge in [-0.05, 0) is 33.1 Å². The van der Waals surface area contributed by atoms with Crippen LogP contribution in [0.15, 0.2) is 6.07 Å². The summed E-state index contributed by atoms with van der Waals surface area (Å²) in [6, 6.07) is 2.10. The van der Waals surface area contributed by atoms with E-state index in [0.717, 1.165) is 12.2 Å². The molecular weight excluding hydrogens is 174 g/mol. The first kappa shape index (κ1) is 11.1. The van der Waals surface area contributed by atoms with Crippen LogP contribution in [0.4, 0.5) is 5.82 Å². The first-order valence-electron chi connectivity index (χ1n) is 5.26. The molecule has 0 bridgehead atoms. The molecule has 3 nitrogen and oxygen atoms in total. The Morgan fingerprint density at radius 2 is 2.14 bits per heavy atom. The van der Waals surface area contributed by atoms with Crippen LogP contribution >= 0.6 is 0 Å². The Labute approximate surface area is 86.3 Å². The number of aromatic amines is 1. The first-order chi connectivity index (χ1) is 6.42. The average Bonchev–Trinajstić information content (AvgIpc) is 2.48. The molecule has 0 aliphatic carbocycles. The molecule has 3 heteroatoms. The zero-order valence-electron chi connectivity index (χ0n) is 9.81. The SMILES string of the molecule is CCC(C)c1cc(NC(C)(C)C)n[nH]1. The Morgan fingerprint density at radius 1 is 1.50 bits per heavy atom. The minimum atomic E-state index is 0.0713. The lowest BCUT2D eigenvalue weighted by atomic mass is 10.1. The first-order valence-corrected chi connectivity index (χ1v) is 5.26. The van der Waals surface area contributed by atoms with Crippen molar-refractivity contribution in [2.75, 3.05) is 5.32 Å². The zero-order chi connectivity index (χ0) is 10.8. The molecule has 2 N–H and O–H groups in total. The van der Waals surface area contributed by atoms with Crippen molar-refractivity contribution in [1.29, 1.82) is 0 Å². The van der Waals surface area contributed by atoms with Gasteiger partial charge in [0.2, 0.25) is 0 Å². The average molecular weight is 195 g/mol. The van der Waals surface area contributed by atoms with Gasteiger partial charge in [-0.1, -0.05) is 13.8 Å². The van der Waals surface area contributed by atoms with Gasteiger partial charge in [0.15, 0.2) is 0 Å². The summed E-state index contributed by atoms with van der Waals surface area (Å²) in [5, 5.41) is 10.6. The van der Waals surface area contributed by atoms with E-state index in [2.05, 4.69) is 56.2 Å². The molecule has 1 unspecified atom stereocenters. The third-order valence-corrected chi connectivity index (χ3v) is 2.24. The number of hydrogen-bond donors (Lipinski definition) is 2. The van der Waals surface area contributed by atoms with Gasteiger partial charge in [0.05, 0.1) is 0 Å². The van der Waals surface area contributed by atoms with Crippen molar-refractivity contribution in [1.82, 2.24) is 10.2 Å². The zero-order valence-corrected chi connectivity index (χ0v) is 9.81. The maximum absolute atomic E-state index is 4.23. The van der Waals surface area contributed by atoms with Gasteiger partial charge in [-0.15, -0.1) is 0 Å². The lowest BCUT2D eigenvalue weighted by Crippen LogP contribution is -2.26. The van der Waals surface area contributed by atoms with Crippen molar-refractivity contribution in [3.8, 4) is 0 Å². The molecule has 0 spiro atoms. The molecule has 0 radical (unpaired) electrons. The normalized spacial score (nSPS) is 14.1. The summed E-state index contributed by atoms with van der Waals surface area (Å²) in [6.45, 7) is 10.8. The summed E-state index contributed by atoms with van der Waals surface area (Å²) in [4.78, 5) is 0. The largest absolute Gasteiger partial charge is 0.364 e. The van der Waals surface area contributed by atoms with Crippen LogP contribution in [0.25, 0.3) is 0 Å². The van der Waals surface area contributed by atoms with E-state index in [4.69, 9.17) is 0 Å². The van der Waals surface area contributed by atoms with Crippen LogP contribution in [0.1, 0.15) is 52.7 Å². The third kappa shape index (κ3) is 3.05. The monoisotopic (exact) mass is 195 g/mol. The van der Waals surface area contributed by atoms with Crippen molar-refractivity contribution >= 4 is 5.82 Å². The second kappa shape index (κ2) is 4.03. The topological polar surface area (TPSA) is 40.7 Å². The molecule has 0 aromatic carbocycles. The number of aromatic nitrogens is 2. The molecule has 1 aromatic rings. The van der Waals surface area contributed by atoms with Gasteiger partial charge in [-0.3, -0.25) is 5.10 Å². The van der Waals surface area contributed by atoms with Gasteiger partial charge in [0.1, 0.15) is 5.82 Å². The molecule has 0 amide bonds. The summed E-state index contributed by atoms with van der Waals surface area (Å²) in [6.07, 6.45) is 1.14. The second-order valence-electron chi connectivity index (χ2n) is 4.89. The Morgan fingerprint density at radius 3 is 2.64 bits per heavy atom. The molecule has 14 heavy (non-hydrogen) atoms. The highest BCUT2D eigenvalue weighted by Gasteiger charge is 2.12. The quantitative estimate of drug-likeness (QED) is 0.778. The van der Waals surface area contributed by atoms with Crippen LogP contribution in [0.2, 0.25) is 0 Å². The van der Waals surface area contributed by atoms with E-state index in [1.54, 1.807) is 0 Å². The van der Waals surface area contributed by atoms with E-state index in [0.29, 0.717) is 5.92 Å². The van der Waals surface area contributed by atoms with E-state index in [9.17, 15) is 0 Å². The molecule has 1 atom stereocenters. The summed E-state index contributed by atoms with van der Waals surface area (Å²) in [7, 11) is 0. The molecule has 80 valence electrons. The van der Waals surface area contributed by atoms with Crippen LogP contribution < -0.4 is 5.32 Å². The number of nitrogens with one attached hydrogen (secondary N) is 2. The Kier molecular flexibility index (Phi) is 3.19. The number of anilines is 1. The highest BCUT2D eigenvalue weighted by atomic mass is 15.2. The third-order valence-electron chi connectivity index (χ3n) is 2.24. The maximum Gasteiger partial charge on any atom is 0.148 e. The van der Waals surface area contributed by atoms with E-state index in [1.165, 1.54) is 5.69 Å². The Balaban J connectivity index is 2.69. The molecule has 1 heterocycles. The minimum absolute atomic E-state index is 0.0713. The smallest absolute Gasteiger partial charge is 0.148 e. The van der Waals surface area contributed by atoms with E-state index >= 15 is 0 Å². The van der Waals surface area contributed by atoms with Gasteiger partial charge in [0.25, 0.3) is 0 Å². The summed E-state index contributed by atoms with van der Waals surface area (Å²) in [5.41, 5.74) is 1.28. The van der Waals surface area contributed by atoms with E-state index in [-0.39, 0.29) is 5.54 Å². The molecule has 0 aliphatic rings. The van der Waals surface area contributed by atoms with Crippen LogP contribution in [0.5, 0.6) is 0 Å². The van der Waals surface area contributed by atoms with Gasteiger partial charge >= 0.3 is 0 Å². The maximum atomic E-state index is 4.23. The molecule has 0 aliphatic heterocycles. The lowest BCUT2D eigenvalue weighted by molar-refractivity contribution is 0.630. The van der Waals surface area contributed by atoms with Crippen molar-refractivity contribution in [2.24, 2.45) is 0 Å². The van der Waals surface area contributed by atoms with Crippen molar-refractivity contribution < 1.29 is 0 Å². The van der Waals surface area contributed by atoms with Crippen molar-refractivity contribution in [3.05, 3.63) is 11.8 Å². The molecule has 1 rings (SSSR count). The van der Waals surface area contributed by atoms with Gasteiger partial charge in [-0.2, -0.15) is 5.10 Å². The predicted molar refractivity (Wildman–Crippen MR) is 60.7 cm³/mol. The van der Waals surface area contributed by atoms with E-state index in [1.807, 2.05) is 0 Å². The number of H-pyrrole nitrogens is 1. The summed E-state index contributed by atoms with van der Waals surface area (Å²) < 4.78 is 0. The molecular formula is C11H21N3. The summed E-state index contributed by atoms with van der Waals surface area (Å²) >= 11 is 0. The van der Waals surface area contributed by atoms with Crippen LogP contribution in [-0.2, 0) is 0 Å². The van der Waals surface area contributed by atoms with Crippen LogP contribution in [-0.4, -0.2) is 15.7 Å². The highest BCUT2D eigenvalue weighted by Crippen LogP contribution is 2.20. The van der Waals surface area contributed by atoms with Crippen molar-refractivity contribution in [2.45, 2.75) is 52.5 Å².